The predicted octanol–water partition coefficient (Wildman–Crippen LogP) is 6.10. The van der Waals surface area contributed by atoms with Gasteiger partial charge in [-0.05, 0) is 40.4 Å². The number of benzene rings is 4. The molecule has 0 saturated heterocycles. The average Bonchev–Trinajstić information content (AvgIpc) is 2.65. The van der Waals surface area contributed by atoms with E-state index in [2.05, 4.69) is 4.99 Å². The second kappa shape index (κ2) is 6.62. The van der Waals surface area contributed by atoms with E-state index in [1.165, 1.54) is 0 Å². The van der Waals surface area contributed by atoms with E-state index in [9.17, 15) is 9.90 Å². The smallest absolute Gasteiger partial charge is 0.336 e. The van der Waals surface area contributed by atoms with Gasteiger partial charge in [-0.1, -0.05) is 60.1 Å². The largest absolute Gasteiger partial charge is 0.478 e. The van der Waals surface area contributed by atoms with Crippen molar-refractivity contribution in [3.05, 3.63) is 88.9 Å². The molecule has 0 bridgehead atoms. The molecule has 0 aromatic heterocycles. The lowest BCUT2D eigenvalue weighted by Gasteiger charge is -2.09. The minimum atomic E-state index is -0.940. The number of aliphatic imine (C=N–C) groups is 1. The van der Waals surface area contributed by atoms with Crippen LogP contribution in [-0.2, 0) is 0 Å². The molecular formula is C22H14ClNO2. The molecule has 0 aliphatic rings. The first kappa shape index (κ1) is 16.3. The van der Waals surface area contributed by atoms with Gasteiger partial charge in [0.15, 0.2) is 0 Å². The summed E-state index contributed by atoms with van der Waals surface area (Å²) in [7, 11) is 0. The standard InChI is InChI=1S/C22H14ClNO2/c23-17-7-3-8-18(12-17)24-13-16-6-1-4-14-10-11-15-5-2-9-19(22(25)26)21(15)20(14)16/h1-13H,(H,25,26). The van der Waals surface area contributed by atoms with Gasteiger partial charge in [-0.15, -0.1) is 0 Å². The number of halogens is 1. The highest BCUT2D eigenvalue weighted by Gasteiger charge is 2.13. The van der Waals surface area contributed by atoms with Gasteiger partial charge in [-0.25, -0.2) is 4.79 Å². The molecule has 0 atom stereocenters. The highest BCUT2D eigenvalue weighted by molar-refractivity contribution is 6.30. The first-order valence-electron chi connectivity index (χ1n) is 8.11. The minimum Gasteiger partial charge on any atom is -0.478 e. The van der Waals surface area contributed by atoms with E-state index in [4.69, 9.17) is 11.6 Å². The predicted molar refractivity (Wildman–Crippen MR) is 107 cm³/mol. The molecule has 0 heterocycles. The summed E-state index contributed by atoms with van der Waals surface area (Å²) in [5.41, 5.74) is 1.90. The topological polar surface area (TPSA) is 49.7 Å². The molecule has 0 aliphatic carbocycles. The molecule has 1 N–H and O–H groups in total. The van der Waals surface area contributed by atoms with Gasteiger partial charge in [0.25, 0.3) is 0 Å². The summed E-state index contributed by atoms with van der Waals surface area (Å²) in [6, 6.07) is 22.4. The van der Waals surface area contributed by atoms with Crippen molar-refractivity contribution in [1.29, 1.82) is 0 Å². The zero-order valence-corrected chi connectivity index (χ0v) is 14.4. The van der Waals surface area contributed by atoms with Crippen LogP contribution in [0.3, 0.4) is 0 Å². The van der Waals surface area contributed by atoms with Crippen LogP contribution in [0.1, 0.15) is 15.9 Å². The third-order valence-electron chi connectivity index (χ3n) is 4.31. The summed E-state index contributed by atoms with van der Waals surface area (Å²) in [5.74, 6) is -0.940. The normalized spacial score (nSPS) is 11.4. The minimum absolute atomic E-state index is 0.289. The highest BCUT2D eigenvalue weighted by Crippen LogP contribution is 2.31. The Morgan fingerprint density at radius 3 is 2.31 bits per heavy atom. The number of fused-ring (bicyclic) bond motifs is 3. The van der Waals surface area contributed by atoms with Gasteiger partial charge < -0.3 is 5.11 Å². The fraction of sp³-hybridized carbons (Fsp3) is 0. The van der Waals surface area contributed by atoms with Gasteiger partial charge in [-0.3, -0.25) is 4.99 Å². The molecule has 4 aromatic rings. The summed E-state index contributed by atoms with van der Waals surface area (Å²) in [6.07, 6.45) is 1.76. The molecule has 4 rings (SSSR count). The lowest BCUT2D eigenvalue weighted by molar-refractivity contribution is 0.0699. The van der Waals surface area contributed by atoms with Crippen LogP contribution in [-0.4, -0.2) is 17.3 Å². The van der Waals surface area contributed by atoms with E-state index in [1.54, 1.807) is 30.5 Å². The van der Waals surface area contributed by atoms with Gasteiger partial charge in [0.1, 0.15) is 0 Å². The number of carbonyl (C=O) groups is 1. The molecule has 4 aromatic carbocycles. The van der Waals surface area contributed by atoms with Crippen LogP contribution in [0.2, 0.25) is 5.02 Å². The number of carboxylic acids is 1. The number of rotatable bonds is 3. The fourth-order valence-corrected chi connectivity index (χ4v) is 3.35. The van der Waals surface area contributed by atoms with Crippen molar-refractivity contribution < 1.29 is 9.90 Å². The second-order valence-electron chi connectivity index (χ2n) is 5.96. The Balaban J connectivity index is 1.99. The van der Waals surface area contributed by atoms with Crippen LogP contribution in [0.25, 0.3) is 21.5 Å². The van der Waals surface area contributed by atoms with E-state index in [-0.39, 0.29) is 5.56 Å². The number of hydrogen-bond acceptors (Lipinski definition) is 2. The number of hydrogen-bond donors (Lipinski definition) is 1. The Morgan fingerprint density at radius 1 is 0.885 bits per heavy atom. The molecule has 0 fully saturated rings. The maximum atomic E-state index is 11.7. The molecule has 26 heavy (non-hydrogen) atoms. The summed E-state index contributed by atoms with van der Waals surface area (Å²) in [4.78, 5) is 16.3. The van der Waals surface area contributed by atoms with E-state index < -0.39 is 5.97 Å². The summed E-state index contributed by atoms with van der Waals surface area (Å²) in [6.45, 7) is 0. The third kappa shape index (κ3) is 2.93. The van der Waals surface area contributed by atoms with Crippen LogP contribution in [0.15, 0.2) is 77.8 Å². The molecule has 126 valence electrons. The Labute approximate surface area is 155 Å². The quantitative estimate of drug-likeness (QED) is 0.355. The van der Waals surface area contributed by atoms with Crippen LogP contribution in [0.4, 0.5) is 5.69 Å². The van der Waals surface area contributed by atoms with Crippen molar-refractivity contribution in [2.45, 2.75) is 0 Å². The van der Waals surface area contributed by atoms with Crippen LogP contribution in [0, 0.1) is 0 Å². The first-order chi connectivity index (χ1) is 12.6. The van der Waals surface area contributed by atoms with Crippen molar-refractivity contribution in [3.63, 3.8) is 0 Å². The Morgan fingerprint density at radius 2 is 1.58 bits per heavy atom. The molecule has 3 nitrogen and oxygen atoms in total. The average molecular weight is 360 g/mol. The number of carboxylic acid groups (broad SMARTS) is 1. The van der Waals surface area contributed by atoms with Crippen molar-refractivity contribution in [2.75, 3.05) is 0 Å². The van der Waals surface area contributed by atoms with E-state index in [0.717, 1.165) is 32.8 Å². The van der Waals surface area contributed by atoms with E-state index in [1.807, 2.05) is 48.5 Å². The molecule has 0 unspecified atom stereocenters. The number of aromatic carboxylic acids is 1. The Kier molecular flexibility index (Phi) is 4.15. The molecule has 0 aliphatic heterocycles. The second-order valence-corrected chi connectivity index (χ2v) is 6.39. The Bertz CT molecular complexity index is 1180. The molecule has 0 amide bonds. The van der Waals surface area contributed by atoms with Gasteiger partial charge in [0, 0.05) is 22.2 Å². The molecule has 0 radical (unpaired) electrons. The SMILES string of the molecule is O=C(O)c1cccc2ccc3cccc(C=Nc4cccc(Cl)c4)c3c12. The summed E-state index contributed by atoms with van der Waals surface area (Å²) in [5, 5.41) is 13.7. The molecule has 0 spiro atoms. The summed E-state index contributed by atoms with van der Waals surface area (Å²) < 4.78 is 0. The van der Waals surface area contributed by atoms with Crippen molar-refractivity contribution in [1.82, 2.24) is 0 Å². The van der Waals surface area contributed by atoms with Gasteiger partial charge in [0.2, 0.25) is 0 Å². The first-order valence-corrected chi connectivity index (χ1v) is 8.49. The lowest BCUT2D eigenvalue weighted by Crippen LogP contribution is -1.98. The summed E-state index contributed by atoms with van der Waals surface area (Å²) >= 11 is 6.02. The van der Waals surface area contributed by atoms with Crippen molar-refractivity contribution >= 4 is 51.0 Å². The Hall–Kier alpha value is -3.17. The van der Waals surface area contributed by atoms with Gasteiger partial charge in [0.05, 0.1) is 11.3 Å². The highest BCUT2D eigenvalue weighted by atomic mass is 35.5. The van der Waals surface area contributed by atoms with Crippen LogP contribution >= 0.6 is 11.6 Å². The third-order valence-corrected chi connectivity index (χ3v) is 4.54. The molecule has 0 saturated carbocycles. The monoisotopic (exact) mass is 359 g/mol. The van der Waals surface area contributed by atoms with Gasteiger partial charge in [-0.2, -0.15) is 0 Å². The zero-order chi connectivity index (χ0) is 18.1. The van der Waals surface area contributed by atoms with Crippen LogP contribution in [0.5, 0.6) is 0 Å². The van der Waals surface area contributed by atoms with Crippen molar-refractivity contribution in [3.8, 4) is 0 Å². The lowest BCUT2D eigenvalue weighted by atomic mass is 9.94. The van der Waals surface area contributed by atoms with Gasteiger partial charge >= 0.3 is 5.97 Å². The zero-order valence-electron chi connectivity index (χ0n) is 13.7. The van der Waals surface area contributed by atoms with Crippen LogP contribution < -0.4 is 0 Å². The molecule has 4 heteroatoms. The van der Waals surface area contributed by atoms with E-state index in [0.29, 0.717) is 5.02 Å². The maximum Gasteiger partial charge on any atom is 0.336 e. The maximum absolute atomic E-state index is 11.7. The molecular weight excluding hydrogens is 346 g/mol. The van der Waals surface area contributed by atoms with Crippen molar-refractivity contribution in [2.24, 2.45) is 4.99 Å². The fourth-order valence-electron chi connectivity index (χ4n) is 3.17. The van der Waals surface area contributed by atoms with E-state index >= 15 is 0 Å². The number of nitrogens with zero attached hydrogens (tertiary/aromatic N) is 1.